The monoisotopic (exact) mass is 406 g/mol. The lowest BCUT2D eigenvalue weighted by Gasteiger charge is -2.48. The maximum absolute atomic E-state index is 11.7. The molecule has 2 aromatic carbocycles. The van der Waals surface area contributed by atoms with Gasteiger partial charge in [-0.1, -0.05) is 6.42 Å². The van der Waals surface area contributed by atoms with E-state index in [0.717, 1.165) is 49.0 Å². The van der Waals surface area contributed by atoms with Crippen molar-refractivity contribution >= 4 is 5.91 Å². The van der Waals surface area contributed by atoms with E-state index in [1.165, 1.54) is 37.9 Å². The summed E-state index contributed by atoms with van der Waals surface area (Å²) in [4.78, 5) is 14.4. The number of aryl methyl sites for hydroxylation is 1. The Balaban J connectivity index is 1.23. The van der Waals surface area contributed by atoms with E-state index < -0.39 is 0 Å². The summed E-state index contributed by atoms with van der Waals surface area (Å²) in [5.41, 5.74) is 1.87. The molecule has 5 rings (SSSR count). The molecule has 3 aliphatic rings. The van der Waals surface area contributed by atoms with Crippen molar-refractivity contribution in [3.8, 4) is 17.2 Å². The summed E-state index contributed by atoms with van der Waals surface area (Å²) < 4.78 is 12.6. The van der Waals surface area contributed by atoms with E-state index in [2.05, 4.69) is 22.3 Å². The highest BCUT2D eigenvalue weighted by molar-refractivity contribution is 5.94. The predicted octanol–water partition coefficient (Wildman–Crippen LogP) is 4.55. The molecule has 2 aliphatic heterocycles. The molecule has 0 atom stereocenters. The van der Waals surface area contributed by atoms with Gasteiger partial charge in [-0.25, -0.2) is 0 Å². The Kier molecular flexibility index (Phi) is 5.15. The number of amides is 1. The molecular weight excluding hydrogens is 376 g/mol. The van der Waals surface area contributed by atoms with Gasteiger partial charge < -0.3 is 19.7 Å². The quantitative estimate of drug-likeness (QED) is 0.809. The summed E-state index contributed by atoms with van der Waals surface area (Å²) in [5, 5.41) is 2.63. The Labute approximate surface area is 178 Å². The Morgan fingerprint density at radius 1 is 1.07 bits per heavy atom. The summed E-state index contributed by atoms with van der Waals surface area (Å²) in [5.74, 6) is 2.44. The predicted molar refractivity (Wildman–Crippen MR) is 116 cm³/mol. The second kappa shape index (κ2) is 7.95. The van der Waals surface area contributed by atoms with Crippen LogP contribution in [0.25, 0.3) is 0 Å². The minimum Gasteiger partial charge on any atom is -0.487 e. The topological polar surface area (TPSA) is 50.8 Å². The maximum Gasteiger partial charge on any atom is 0.251 e. The minimum atomic E-state index is -0.0973. The molecule has 158 valence electrons. The normalized spacial score (nSPS) is 20.7. The smallest absolute Gasteiger partial charge is 0.251 e. The third-order valence-electron chi connectivity index (χ3n) is 7.09. The SMILES string of the molecule is CNC(=O)c1ccc(Oc2ccc3c(c2)CCC2(CCN(C4CCC4)CC2)O3)cc1. The molecule has 1 saturated carbocycles. The highest BCUT2D eigenvalue weighted by Gasteiger charge is 2.41. The first-order valence-corrected chi connectivity index (χ1v) is 11.2. The van der Waals surface area contributed by atoms with E-state index in [4.69, 9.17) is 9.47 Å². The zero-order chi connectivity index (χ0) is 20.6. The van der Waals surface area contributed by atoms with Crippen LogP contribution in [-0.2, 0) is 6.42 Å². The van der Waals surface area contributed by atoms with E-state index in [0.29, 0.717) is 5.56 Å². The molecule has 1 amide bonds. The van der Waals surface area contributed by atoms with E-state index in [1.54, 1.807) is 19.2 Å². The maximum atomic E-state index is 11.7. The first-order chi connectivity index (χ1) is 14.6. The Morgan fingerprint density at radius 3 is 2.47 bits per heavy atom. The van der Waals surface area contributed by atoms with Crippen molar-refractivity contribution < 1.29 is 14.3 Å². The van der Waals surface area contributed by atoms with Crippen LogP contribution in [0.4, 0.5) is 0 Å². The molecule has 1 spiro atoms. The van der Waals surface area contributed by atoms with Crippen LogP contribution in [-0.4, -0.2) is 42.6 Å². The third-order valence-corrected chi connectivity index (χ3v) is 7.09. The standard InChI is InChI=1S/C25H30N2O3/c1-26-24(28)18-5-7-21(8-6-18)29-22-9-10-23-19(17-22)11-12-25(30-23)13-15-27(16-14-25)20-3-2-4-20/h5-10,17,20H,2-4,11-16H2,1H3,(H,26,28). The number of likely N-dealkylation sites (tertiary alicyclic amines) is 1. The van der Waals surface area contributed by atoms with Crippen LogP contribution in [0.15, 0.2) is 42.5 Å². The number of rotatable bonds is 4. The molecular formula is C25H30N2O3. The number of carbonyl (C=O) groups is 1. The first kappa shape index (κ1) is 19.4. The van der Waals surface area contributed by atoms with Crippen molar-refractivity contribution in [1.82, 2.24) is 10.2 Å². The van der Waals surface area contributed by atoms with Gasteiger partial charge >= 0.3 is 0 Å². The lowest BCUT2D eigenvalue weighted by molar-refractivity contribution is -0.0337. The Morgan fingerprint density at radius 2 is 1.80 bits per heavy atom. The molecule has 0 aromatic heterocycles. The van der Waals surface area contributed by atoms with E-state index in [1.807, 2.05) is 18.2 Å². The van der Waals surface area contributed by atoms with E-state index in [9.17, 15) is 4.79 Å². The Bertz CT molecular complexity index is 912. The summed E-state index contributed by atoms with van der Waals surface area (Å²) in [6.45, 7) is 2.35. The van der Waals surface area contributed by atoms with Gasteiger partial charge in [0.2, 0.25) is 0 Å². The summed E-state index contributed by atoms with van der Waals surface area (Å²) in [7, 11) is 1.63. The van der Waals surface area contributed by atoms with Crippen molar-refractivity contribution in [2.75, 3.05) is 20.1 Å². The molecule has 5 nitrogen and oxygen atoms in total. The fraction of sp³-hybridized carbons (Fsp3) is 0.480. The van der Waals surface area contributed by atoms with Gasteiger partial charge in [0.05, 0.1) is 0 Å². The number of benzene rings is 2. The molecule has 2 heterocycles. The van der Waals surface area contributed by atoms with Crippen LogP contribution in [0.5, 0.6) is 17.2 Å². The van der Waals surface area contributed by atoms with Crippen LogP contribution < -0.4 is 14.8 Å². The van der Waals surface area contributed by atoms with Crippen LogP contribution in [0.1, 0.15) is 54.4 Å². The van der Waals surface area contributed by atoms with Gasteiger partial charge in [0.1, 0.15) is 22.8 Å². The van der Waals surface area contributed by atoms with Gasteiger partial charge in [0.15, 0.2) is 0 Å². The number of fused-ring (bicyclic) bond motifs is 1. The molecule has 1 aliphatic carbocycles. The van der Waals surface area contributed by atoms with Gasteiger partial charge in [-0.15, -0.1) is 0 Å². The number of hydrogen-bond donors (Lipinski definition) is 1. The van der Waals surface area contributed by atoms with Crippen molar-refractivity contribution in [3.63, 3.8) is 0 Å². The largest absolute Gasteiger partial charge is 0.487 e. The van der Waals surface area contributed by atoms with Crippen LogP contribution in [0.2, 0.25) is 0 Å². The minimum absolute atomic E-state index is 0.0191. The highest BCUT2D eigenvalue weighted by Crippen LogP contribution is 2.42. The van der Waals surface area contributed by atoms with Crippen molar-refractivity contribution in [2.45, 2.75) is 56.6 Å². The van der Waals surface area contributed by atoms with Crippen molar-refractivity contribution in [1.29, 1.82) is 0 Å². The number of ether oxygens (including phenoxy) is 2. The zero-order valence-electron chi connectivity index (χ0n) is 17.7. The molecule has 30 heavy (non-hydrogen) atoms. The Hall–Kier alpha value is -2.53. The molecule has 5 heteroatoms. The number of hydrogen-bond acceptors (Lipinski definition) is 4. The second-order valence-electron chi connectivity index (χ2n) is 8.88. The van der Waals surface area contributed by atoms with Crippen LogP contribution in [0.3, 0.4) is 0 Å². The summed E-state index contributed by atoms with van der Waals surface area (Å²) in [6.07, 6.45) is 8.56. The molecule has 2 fully saturated rings. The van der Waals surface area contributed by atoms with E-state index in [-0.39, 0.29) is 11.5 Å². The van der Waals surface area contributed by atoms with Crippen LogP contribution >= 0.6 is 0 Å². The lowest BCUT2D eigenvalue weighted by atomic mass is 9.81. The van der Waals surface area contributed by atoms with Gasteiger partial charge in [-0.2, -0.15) is 0 Å². The highest BCUT2D eigenvalue weighted by atomic mass is 16.5. The number of nitrogens with one attached hydrogen (secondary N) is 1. The molecule has 0 bridgehead atoms. The number of carbonyl (C=O) groups excluding carboxylic acids is 1. The fourth-order valence-electron chi connectivity index (χ4n) is 4.92. The van der Waals surface area contributed by atoms with Gasteiger partial charge in [0, 0.05) is 31.7 Å². The first-order valence-electron chi connectivity index (χ1n) is 11.2. The average Bonchev–Trinajstić information content (AvgIpc) is 2.74. The lowest BCUT2D eigenvalue weighted by Crippen LogP contribution is -2.53. The van der Waals surface area contributed by atoms with Crippen molar-refractivity contribution in [3.05, 3.63) is 53.6 Å². The third kappa shape index (κ3) is 3.79. The van der Waals surface area contributed by atoms with Gasteiger partial charge in [-0.05, 0) is 86.6 Å². The van der Waals surface area contributed by atoms with Gasteiger partial charge in [-0.3, -0.25) is 4.79 Å². The number of piperidine rings is 1. The molecule has 1 saturated heterocycles. The summed E-state index contributed by atoms with van der Waals surface area (Å²) in [6, 6.07) is 14.2. The molecule has 0 unspecified atom stereocenters. The van der Waals surface area contributed by atoms with E-state index >= 15 is 0 Å². The second-order valence-corrected chi connectivity index (χ2v) is 8.88. The zero-order valence-corrected chi connectivity index (χ0v) is 17.7. The molecule has 2 aromatic rings. The van der Waals surface area contributed by atoms with Crippen molar-refractivity contribution in [2.24, 2.45) is 0 Å². The van der Waals surface area contributed by atoms with Crippen LogP contribution in [0, 0.1) is 0 Å². The van der Waals surface area contributed by atoms with Gasteiger partial charge in [0.25, 0.3) is 5.91 Å². The summed E-state index contributed by atoms with van der Waals surface area (Å²) >= 11 is 0. The number of nitrogens with zero attached hydrogens (tertiary/aromatic N) is 1. The molecule has 1 N–H and O–H groups in total. The fourth-order valence-corrected chi connectivity index (χ4v) is 4.92. The average molecular weight is 407 g/mol. The molecule has 0 radical (unpaired) electrons.